The predicted octanol–water partition coefficient (Wildman–Crippen LogP) is 4.46. The number of aromatic amines is 1. The zero-order chi connectivity index (χ0) is 21.3. The summed E-state index contributed by atoms with van der Waals surface area (Å²) in [6, 6.07) is 6.95. The van der Waals surface area contributed by atoms with E-state index >= 15 is 0 Å². The minimum atomic E-state index is -0.401. The van der Waals surface area contributed by atoms with Crippen molar-refractivity contribution in [3.05, 3.63) is 51.5 Å². The molecule has 1 aliphatic carbocycles. The molecule has 30 heavy (non-hydrogen) atoms. The van der Waals surface area contributed by atoms with Gasteiger partial charge in [-0.2, -0.15) is 5.10 Å². The number of anilines is 1. The molecule has 1 amide bonds. The number of benzene rings is 1. The molecule has 0 spiro atoms. The van der Waals surface area contributed by atoms with Gasteiger partial charge in [-0.15, -0.1) is 11.3 Å². The number of aromatic nitrogens is 2. The fourth-order valence-electron chi connectivity index (χ4n) is 3.69. The number of thiophene rings is 1. The van der Waals surface area contributed by atoms with E-state index in [1.807, 2.05) is 6.07 Å². The van der Waals surface area contributed by atoms with Gasteiger partial charge in [0.1, 0.15) is 16.4 Å². The molecule has 156 valence electrons. The van der Waals surface area contributed by atoms with E-state index in [-0.39, 0.29) is 18.1 Å². The van der Waals surface area contributed by atoms with Gasteiger partial charge in [-0.25, -0.2) is 4.79 Å². The highest BCUT2D eigenvalue weighted by Gasteiger charge is 2.27. The van der Waals surface area contributed by atoms with Crippen molar-refractivity contribution in [3.8, 4) is 17.0 Å². The van der Waals surface area contributed by atoms with Crippen LogP contribution in [0.2, 0.25) is 0 Å². The predicted molar refractivity (Wildman–Crippen MR) is 115 cm³/mol. The summed E-state index contributed by atoms with van der Waals surface area (Å²) in [5.41, 5.74) is 3.45. The van der Waals surface area contributed by atoms with Gasteiger partial charge in [0, 0.05) is 10.4 Å². The lowest BCUT2D eigenvalue weighted by atomic mass is 9.95. The van der Waals surface area contributed by atoms with Crippen molar-refractivity contribution in [2.45, 2.75) is 39.5 Å². The number of nitrogens with zero attached hydrogens (tertiary/aromatic N) is 1. The van der Waals surface area contributed by atoms with E-state index in [9.17, 15) is 14.7 Å². The fraction of sp³-hybridized carbons (Fsp3) is 0.318. The summed E-state index contributed by atoms with van der Waals surface area (Å²) in [5, 5.41) is 20.5. The molecule has 2 aromatic heterocycles. The zero-order valence-corrected chi connectivity index (χ0v) is 17.7. The highest BCUT2D eigenvalue weighted by Crippen LogP contribution is 2.39. The van der Waals surface area contributed by atoms with Gasteiger partial charge in [-0.1, -0.05) is 12.1 Å². The third kappa shape index (κ3) is 3.70. The first-order chi connectivity index (χ1) is 14.5. The van der Waals surface area contributed by atoms with Crippen molar-refractivity contribution in [2.24, 2.45) is 0 Å². The second-order valence-electron chi connectivity index (χ2n) is 7.23. The molecule has 8 heteroatoms. The highest BCUT2D eigenvalue weighted by atomic mass is 32.1. The molecule has 4 rings (SSSR count). The average molecular weight is 426 g/mol. The SMILES string of the molecule is CCOC(=O)c1c(NC(=O)c2cc(-c3cccc(C)c3O)n[nH]2)sc2c1CCCC2. The van der Waals surface area contributed by atoms with Crippen molar-refractivity contribution >= 4 is 28.2 Å². The van der Waals surface area contributed by atoms with Crippen LogP contribution in [0.15, 0.2) is 24.3 Å². The number of phenols is 1. The normalized spacial score (nSPS) is 13.0. The summed E-state index contributed by atoms with van der Waals surface area (Å²) < 4.78 is 5.24. The number of hydrogen-bond acceptors (Lipinski definition) is 6. The monoisotopic (exact) mass is 425 g/mol. The van der Waals surface area contributed by atoms with Gasteiger partial charge >= 0.3 is 5.97 Å². The first kappa shape index (κ1) is 20.2. The molecule has 7 nitrogen and oxygen atoms in total. The molecule has 1 aliphatic rings. The fourth-order valence-corrected chi connectivity index (χ4v) is 4.96. The Bertz CT molecular complexity index is 1120. The van der Waals surface area contributed by atoms with Crippen LogP contribution in [0.3, 0.4) is 0 Å². The number of rotatable bonds is 5. The number of hydrogen-bond donors (Lipinski definition) is 3. The number of fused-ring (bicyclic) bond motifs is 1. The number of carbonyl (C=O) groups excluding carboxylic acids is 2. The number of aryl methyl sites for hydroxylation is 2. The summed E-state index contributed by atoms with van der Waals surface area (Å²) in [7, 11) is 0. The van der Waals surface area contributed by atoms with Crippen LogP contribution in [0, 0.1) is 6.92 Å². The Hall–Kier alpha value is -3.13. The Morgan fingerprint density at radius 1 is 1.30 bits per heavy atom. The van der Waals surface area contributed by atoms with Gasteiger partial charge in [-0.3, -0.25) is 9.89 Å². The molecule has 0 unspecified atom stereocenters. The maximum Gasteiger partial charge on any atom is 0.341 e. The van der Waals surface area contributed by atoms with E-state index in [2.05, 4.69) is 15.5 Å². The maximum atomic E-state index is 12.9. The molecule has 0 atom stereocenters. The Kier molecular flexibility index (Phi) is 5.59. The molecular weight excluding hydrogens is 402 g/mol. The third-order valence-corrected chi connectivity index (χ3v) is 6.42. The lowest BCUT2D eigenvalue weighted by Crippen LogP contribution is -2.16. The smallest absolute Gasteiger partial charge is 0.341 e. The van der Waals surface area contributed by atoms with Gasteiger partial charge in [0.05, 0.1) is 17.9 Å². The lowest BCUT2D eigenvalue weighted by molar-refractivity contribution is 0.0526. The third-order valence-electron chi connectivity index (χ3n) is 5.21. The van der Waals surface area contributed by atoms with E-state index < -0.39 is 11.9 Å². The van der Waals surface area contributed by atoms with Crippen LogP contribution < -0.4 is 5.32 Å². The van der Waals surface area contributed by atoms with Crippen molar-refractivity contribution in [2.75, 3.05) is 11.9 Å². The van der Waals surface area contributed by atoms with Crippen LogP contribution >= 0.6 is 11.3 Å². The molecule has 1 aromatic carbocycles. The number of nitrogens with one attached hydrogen (secondary N) is 2. The van der Waals surface area contributed by atoms with Crippen LogP contribution in [-0.4, -0.2) is 33.8 Å². The van der Waals surface area contributed by atoms with Crippen molar-refractivity contribution in [1.29, 1.82) is 0 Å². The molecule has 0 saturated heterocycles. The summed E-state index contributed by atoms with van der Waals surface area (Å²) >= 11 is 1.44. The van der Waals surface area contributed by atoms with Crippen LogP contribution in [-0.2, 0) is 17.6 Å². The van der Waals surface area contributed by atoms with E-state index in [0.29, 0.717) is 21.8 Å². The number of esters is 1. The van der Waals surface area contributed by atoms with Crippen molar-refractivity contribution in [1.82, 2.24) is 10.2 Å². The van der Waals surface area contributed by atoms with E-state index in [0.717, 1.165) is 41.7 Å². The summed E-state index contributed by atoms with van der Waals surface area (Å²) in [6.45, 7) is 3.84. The summed E-state index contributed by atoms with van der Waals surface area (Å²) in [6.07, 6.45) is 3.82. The van der Waals surface area contributed by atoms with Gasteiger partial charge < -0.3 is 15.2 Å². The molecule has 3 N–H and O–H groups in total. The number of H-pyrrole nitrogens is 1. The van der Waals surface area contributed by atoms with E-state index in [1.54, 1.807) is 32.0 Å². The number of carbonyl (C=O) groups is 2. The number of aromatic hydroxyl groups is 1. The summed E-state index contributed by atoms with van der Waals surface area (Å²) in [5.74, 6) is -0.668. The largest absolute Gasteiger partial charge is 0.507 e. The highest BCUT2D eigenvalue weighted by molar-refractivity contribution is 7.17. The van der Waals surface area contributed by atoms with Gasteiger partial charge in [0.2, 0.25) is 0 Å². The quantitative estimate of drug-likeness (QED) is 0.524. The molecular formula is C22H23N3O4S. The van der Waals surface area contributed by atoms with Crippen LogP contribution in [0.5, 0.6) is 5.75 Å². The molecule has 0 saturated carbocycles. The number of ether oxygens (including phenoxy) is 1. The van der Waals surface area contributed by atoms with Crippen LogP contribution in [0.1, 0.15) is 56.6 Å². The maximum absolute atomic E-state index is 12.9. The minimum absolute atomic E-state index is 0.131. The Labute approximate surface area is 178 Å². The van der Waals surface area contributed by atoms with Crippen LogP contribution in [0.4, 0.5) is 5.00 Å². The van der Waals surface area contributed by atoms with Gasteiger partial charge in [0.25, 0.3) is 5.91 Å². The van der Waals surface area contributed by atoms with Crippen molar-refractivity contribution < 1.29 is 19.4 Å². The average Bonchev–Trinajstić information content (AvgIpc) is 3.35. The van der Waals surface area contributed by atoms with Crippen LogP contribution in [0.25, 0.3) is 11.3 Å². The second-order valence-corrected chi connectivity index (χ2v) is 8.33. The Morgan fingerprint density at radius 3 is 2.90 bits per heavy atom. The topological polar surface area (TPSA) is 104 Å². The molecule has 3 aromatic rings. The molecule has 0 radical (unpaired) electrons. The number of amides is 1. The molecule has 0 fully saturated rings. The number of phenolic OH excluding ortho intramolecular Hbond substituents is 1. The second kappa shape index (κ2) is 8.31. The van der Waals surface area contributed by atoms with Crippen molar-refractivity contribution in [3.63, 3.8) is 0 Å². The van der Waals surface area contributed by atoms with Gasteiger partial charge in [-0.05, 0) is 62.8 Å². The lowest BCUT2D eigenvalue weighted by Gasteiger charge is -2.12. The minimum Gasteiger partial charge on any atom is -0.507 e. The molecule has 2 heterocycles. The zero-order valence-electron chi connectivity index (χ0n) is 16.9. The first-order valence-electron chi connectivity index (χ1n) is 9.97. The summed E-state index contributed by atoms with van der Waals surface area (Å²) in [4.78, 5) is 26.6. The Morgan fingerprint density at radius 2 is 2.10 bits per heavy atom. The molecule has 0 aliphatic heterocycles. The Balaban J connectivity index is 1.62. The van der Waals surface area contributed by atoms with E-state index in [1.165, 1.54) is 11.3 Å². The van der Waals surface area contributed by atoms with Gasteiger partial charge in [0.15, 0.2) is 0 Å². The standard InChI is InChI=1S/C22H23N3O4S/c1-3-29-22(28)18-14-8-4-5-10-17(14)30-21(18)23-20(27)16-11-15(24-25-16)13-9-6-7-12(2)19(13)26/h6-7,9,11,26H,3-5,8,10H2,1-2H3,(H,23,27)(H,24,25). The number of para-hydroxylation sites is 1. The molecule has 0 bridgehead atoms. The first-order valence-corrected chi connectivity index (χ1v) is 10.8. The van der Waals surface area contributed by atoms with E-state index in [4.69, 9.17) is 4.74 Å².